The normalized spacial score (nSPS) is 14.7. The number of hydrogen-bond acceptors (Lipinski definition) is 3. The summed E-state index contributed by atoms with van der Waals surface area (Å²) in [4.78, 5) is 5.85. The van der Waals surface area contributed by atoms with Gasteiger partial charge in [0.15, 0.2) is 0 Å². The predicted octanol–water partition coefficient (Wildman–Crippen LogP) is 4.18. The quantitative estimate of drug-likeness (QED) is 0.904. The van der Waals surface area contributed by atoms with Gasteiger partial charge in [0.1, 0.15) is 11.6 Å². The lowest BCUT2D eigenvalue weighted by atomic mass is 10.1. The van der Waals surface area contributed by atoms with Crippen molar-refractivity contribution in [3.8, 4) is 0 Å². The summed E-state index contributed by atoms with van der Waals surface area (Å²) >= 11 is 5.85. The average molecular weight is 303 g/mol. The van der Waals surface area contributed by atoms with Crippen LogP contribution < -0.4 is 4.90 Å². The van der Waals surface area contributed by atoms with Crippen LogP contribution in [0.25, 0.3) is 5.70 Å². The molecule has 0 amide bonds. The van der Waals surface area contributed by atoms with Crippen molar-refractivity contribution in [2.24, 2.45) is 0 Å². The molecule has 0 bridgehead atoms. The molecule has 0 saturated carbocycles. The number of pyridine rings is 1. The van der Waals surface area contributed by atoms with Crippen LogP contribution in [0, 0.1) is 5.82 Å². The summed E-state index contributed by atoms with van der Waals surface area (Å²) in [7, 11) is 0. The molecular formula is C16H12ClFN2O. The molecule has 1 N–H and O–H groups in total. The molecule has 0 aliphatic carbocycles. The van der Waals surface area contributed by atoms with Crippen LogP contribution in [-0.4, -0.2) is 16.6 Å². The zero-order chi connectivity index (χ0) is 14.8. The van der Waals surface area contributed by atoms with Crippen molar-refractivity contribution < 1.29 is 9.50 Å². The molecule has 1 aliphatic heterocycles. The number of nitrogens with zero attached hydrogens (tertiary/aromatic N) is 2. The molecule has 1 aromatic heterocycles. The number of hydrogen-bond donors (Lipinski definition) is 1. The minimum atomic E-state index is -0.466. The van der Waals surface area contributed by atoms with Crippen molar-refractivity contribution in [3.63, 3.8) is 0 Å². The van der Waals surface area contributed by atoms with Gasteiger partial charge in [-0.1, -0.05) is 17.7 Å². The first kappa shape index (κ1) is 13.6. The number of allylic oxidation sites excluding steroid dienone is 1. The molecule has 0 unspecified atom stereocenters. The standard InChI is InChI=1S/C16H12ClFN2O/c17-13-10-12(3-4-14(13)18)20-9-1-2-15(21)16(20)11-5-7-19-8-6-11/h1-8,10,21H,9H2. The minimum Gasteiger partial charge on any atom is -0.506 e. The molecule has 1 aromatic carbocycles. The molecule has 0 fully saturated rings. The predicted molar refractivity (Wildman–Crippen MR) is 81.7 cm³/mol. The second-order valence-electron chi connectivity index (χ2n) is 4.58. The summed E-state index contributed by atoms with van der Waals surface area (Å²) in [6.45, 7) is 0.559. The molecule has 2 heterocycles. The molecule has 0 saturated heterocycles. The third-order valence-electron chi connectivity index (χ3n) is 3.24. The fourth-order valence-corrected chi connectivity index (χ4v) is 2.45. The van der Waals surface area contributed by atoms with E-state index in [1.165, 1.54) is 6.07 Å². The first-order chi connectivity index (χ1) is 10.2. The summed E-state index contributed by atoms with van der Waals surface area (Å²) < 4.78 is 13.3. The van der Waals surface area contributed by atoms with E-state index in [0.717, 1.165) is 5.56 Å². The SMILES string of the molecule is OC1=C(c2ccncc2)N(c2ccc(F)c(Cl)c2)CC=C1. The Morgan fingerprint density at radius 1 is 1.19 bits per heavy atom. The van der Waals surface area contributed by atoms with Crippen LogP contribution in [-0.2, 0) is 0 Å². The number of halogens is 2. The zero-order valence-electron chi connectivity index (χ0n) is 11.0. The Hall–Kier alpha value is -2.33. The van der Waals surface area contributed by atoms with E-state index in [0.29, 0.717) is 17.9 Å². The van der Waals surface area contributed by atoms with Gasteiger partial charge in [0.25, 0.3) is 0 Å². The van der Waals surface area contributed by atoms with E-state index in [1.54, 1.807) is 30.6 Å². The van der Waals surface area contributed by atoms with E-state index in [2.05, 4.69) is 4.98 Å². The van der Waals surface area contributed by atoms with E-state index >= 15 is 0 Å². The maximum absolute atomic E-state index is 13.3. The third-order valence-corrected chi connectivity index (χ3v) is 3.53. The van der Waals surface area contributed by atoms with Crippen LogP contribution in [0.4, 0.5) is 10.1 Å². The van der Waals surface area contributed by atoms with Crippen molar-refractivity contribution >= 4 is 23.0 Å². The van der Waals surface area contributed by atoms with Gasteiger partial charge >= 0.3 is 0 Å². The van der Waals surface area contributed by atoms with Crippen molar-refractivity contribution in [2.45, 2.75) is 0 Å². The Morgan fingerprint density at radius 3 is 2.67 bits per heavy atom. The van der Waals surface area contributed by atoms with E-state index in [1.807, 2.05) is 23.1 Å². The molecule has 1 aliphatic rings. The molecule has 0 radical (unpaired) electrons. The maximum atomic E-state index is 13.3. The molecule has 5 heteroatoms. The van der Waals surface area contributed by atoms with E-state index in [9.17, 15) is 9.50 Å². The highest BCUT2D eigenvalue weighted by atomic mass is 35.5. The lowest BCUT2D eigenvalue weighted by Gasteiger charge is -2.29. The molecule has 106 valence electrons. The Kier molecular flexibility index (Phi) is 3.62. The van der Waals surface area contributed by atoms with Gasteiger partial charge in [0.05, 0.1) is 10.7 Å². The van der Waals surface area contributed by atoms with Crippen LogP contribution >= 0.6 is 11.6 Å². The number of benzene rings is 1. The summed E-state index contributed by atoms with van der Waals surface area (Å²) in [6, 6.07) is 8.11. The van der Waals surface area contributed by atoms with E-state index in [-0.39, 0.29) is 10.8 Å². The Bertz CT molecular complexity index is 728. The van der Waals surface area contributed by atoms with Crippen molar-refractivity contribution in [2.75, 3.05) is 11.4 Å². The fraction of sp³-hybridized carbons (Fsp3) is 0.0625. The number of aromatic nitrogens is 1. The molecule has 3 rings (SSSR count). The second kappa shape index (κ2) is 5.58. The van der Waals surface area contributed by atoms with Crippen LogP contribution in [0.15, 0.2) is 60.6 Å². The number of rotatable bonds is 2. The highest BCUT2D eigenvalue weighted by Gasteiger charge is 2.20. The van der Waals surface area contributed by atoms with Gasteiger partial charge < -0.3 is 10.0 Å². The number of aliphatic hydroxyl groups is 1. The van der Waals surface area contributed by atoms with Crippen LogP contribution in [0.1, 0.15) is 5.56 Å². The average Bonchev–Trinajstić information content (AvgIpc) is 2.50. The van der Waals surface area contributed by atoms with Crippen LogP contribution in [0.3, 0.4) is 0 Å². The third kappa shape index (κ3) is 2.62. The van der Waals surface area contributed by atoms with Gasteiger partial charge in [-0.25, -0.2) is 4.39 Å². The zero-order valence-corrected chi connectivity index (χ0v) is 11.8. The molecule has 3 nitrogen and oxygen atoms in total. The molecule has 0 atom stereocenters. The van der Waals surface area contributed by atoms with Gasteiger partial charge in [0, 0.05) is 30.2 Å². The van der Waals surface area contributed by atoms with Gasteiger partial charge in [-0.3, -0.25) is 4.98 Å². The first-order valence-corrected chi connectivity index (χ1v) is 6.77. The molecule has 2 aromatic rings. The topological polar surface area (TPSA) is 36.4 Å². The largest absolute Gasteiger partial charge is 0.506 e. The Morgan fingerprint density at radius 2 is 1.95 bits per heavy atom. The highest BCUT2D eigenvalue weighted by molar-refractivity contribution is 6.31. The highest BCUT2D eigenvalue weighted by Crippen LogP contribution is 2.32. The van der Waals surface area contributed by atoms with Gasteiger partial charge in [0.2, 0.25) is 0 Å². The first-order valence-electron chi connectivity index (χ1n) is 6.39. The lowest BCUT2D eigenvalue weighted by molar-refractivity contribution is 0.431. The monoisotopic (exact) mass is 302 g/mol. The summed E-state index contributed by atoms with van der Waals surface area (Å²) in [6.07, 6.45) is 6.79. The second-order valence-corrected chi connectivity index (χ2v) is 4.99. The van der Waals surface area contributed by atoms with Crippen molar-refractivity contribution in [3.05, 3.63) is 77.0 Å². The summed E-state index contributed by atoms with van der Waals surface area (Å²) in [5, 5.41) is 10.3. The van der Waals surface area contributed by atoms with Crippen LogP contribution in [0.5, 0.6) is 0 Å². The van der Waals surface area contributed by atoms with Crippen molar-refractivity contribution in [1.29, 1.82) is 0 Å². The maximum Gasteiger partial charge on any atom is 0.141 e. The Labute approximate surface area is 126 Å². The smallest absolute Gasteiger partial charge is 0.141 e. The molecule has 0 spiro atoms. The van der Waals surface area contributed by atoms with E-state index in [4.69, 9.17) is 11.6 Å². The van der Waals surface area contributed by atoms with E-state index < -0.39 is 5.82 Å². The van der Waals surface area contributed by atoms with Gasteiger partial charge in [-0.2, -0.15) is 0 Å². The number of anilines is 1. The van der Waals surface area contributed by atoms with Crippen LogP contribution in [0.2, 0.25) is 5.02 Å². The Balaban J connectivity index is 2.09. The summed E-state index contributed by atoms with van der Waals surface area (Å²) in [5.74, 6) is -0.320. The lowest BCUT2D eigenvalue weighted by Crippen LogP contribution is -2.25. The van der Waals surface area contributed by atoms with Gasteiger partial charge in [-0.15, -0.1) is 0 Å². The van der Waals surface area contributed by atoms with Gasteiger partial charge in [-0.05, 0) is 36.4 Å². The molecule has 21 heavy (non-hydrogen) atoms. The number of aliphatic hydroxyl groups excluding tert-OH is 1. The minimum absolute atomic E-state index is 0.0515. The summed E-state index contributed by atoms with van der Waals surface area (Å²) in [5.41, 5.74) is 2.18. The molecular weight excluding hydrogens is 291 g/mol. The van der Waals surface area contributed by atoms with Crippen molar-refractivity contribution in [1.82, 2.24) is 4.98 Å². The fourth-order valence-electron chi connectivity index (χ4n) is 2.28.